The lowest BCUT2D eigenvalue weighted by atomic mass is 10.0. The van der Waals surface area contributed by atoms with Crippen molar-refractivity contribution in [3.63, 3.8) is 0 Å². The Labute approximate surface area is 194 Å². The van der Waals surface area contributed by atoms with E-state index in [-0.39, 0.29) is 17.4 Å². The molecule has 8 heteroatoms. The standard InChI is InChI=1S/C24H20N4O2S2/c29-21(16-31-24-28-27-23(32-24)25-15-17-9-3-1-4-10-17)26-20-14-8-7-13-19(20)22(30)18-11-5-2-6-12-18/h1-14H,15-16H2,(H,25,27)(H,26,29). The molecule has 160 valence electrons. The molecule has 0 aliphatic carbocycles. The lowest BCUT2D eigenvalue weighted by Crippen LogP contribution is -2.16. The van der Waals surface area contributed by atoms with Crippen molar-refractivity contribution >= 4 is 45.6 Å². The average Bonchev–Trinajstić information content (AvgIpc) is 3.30. The third kappa shape index (κ3) is 5.81. The van der Waals surface area contributed by atoms with Gasteiger partial charge >= 0.3 is 0 Å². The van der Waals surface area contributed by atoms with Gasteiger partial charge in [-0.2, -0.15) is 0 Å². The second kappa shape index (κ2) is 10.7. The van der Waals surface area contributed by atoms with Crippen molar-refractivity contribution in [2.24, 2.45) is 0 Å². The molecule has 0 unspecified atom stereocenters. The van der Waals surface area contributed by atoms with E-state index in [0.29, 0.717) is 32.8 Å². The molecule has 1 heterocycles. The maximum absolute atomic E-state index is 12.8. The number of anilines is 2. The van der Waals surface area contributed by atoms with Gasteiger partial charge in [-0.1, -0.05) is 95.9 Å². The first-order valence-electron chi connectivity index (χ1n) is 9.92. The van der Waals surface area contributed by atoms with Crippen molar-refractivity contribution in [3.05, 3.63) is 102 Å². The van der Waals surface area contributed by atoms with Gasteiger partial charge in [-0.15, -0.1) is 10.2 Å². The number of carbonyl (C=O) groups is 2. The second-order valence-corrected chi connectivity index (χ2v) is 8.99. The molecule has 4 aromatic rings. The van der Waals surface area contributed by atoms with Gasteiger partial charge in [-0.05, 0) is 17.7 Å². The van der Waals surface area contributed by atoms with E-state index < -0.39 is 0 Å². The molecule has 2 N–H and O–H groups in total. The number of carbonyl (C=O) groups excluding carboxylic acids is 2. The minimum absolute atomic E-state index is 0.132. The fourth-order valence-corrected chi connectivity index (χ4v) is 4.51. The number of aromatic nitrogens is 2. The number of hydrogen-bond donors (Lipinski definition) is 2. The zero-order chi connectivity index (χ0) is 22.2. The van der Waals surface area contributed by atoms with Gasteiger partial charge in [-0.3, -0.25) is 9.59 Å². The van der Waals surface area contributed by atoms with Gasteiger partial charge in [0, 0.05) is 17.7 Å². The first kappa shape index (κ1) is 21.7. The monoisotopic (exact) mass is 460 g/mol. The first-order valence-corrected chi connectivity index (χ1v) is 11.7. The van der Waals surface area contributed by atoms with Gasteiger partial charge in [0.25, 0.3) is 0 Å². The lowest BCUT2D eigenvalue weighted by molar-refractivity contribution is -0.113. The smallest absolute Gasteiger partial charge is 0.234 e. The number of para-hydroxylation sites is 1. The van der Waals surface area contributed by atoms with Crippen molar-refractivity contribution in [2.75, 3.05) is 16.4 Å². The molecule has 1 aromatic heterocycles. The van der Waals surface area contributed by atoms with Crippen LogP contribution in [0, 0.1) is 0 Å². The quantitative estimate of drug-likeness (QED) is 0.267. The summed E-state index contributed by atoms with van der Waals surface area (Å²) in [6.45, 7) is 0.660. The van der Waals surface area contributed by atoms with Crippen LogP contribution in [-0.4, -0.2) is 27.6 Å². The molecule has 6 nitrogen and oxygen atoms in total. The number of nitrogens with one attached hydrogen (secondary N) is 2. The molecule has 0 atom stereocenters. The van der Waals surface area contributed by atoms with E-state index in [4.69, 9.17) is 0 Å². The molecule has 0 bridgehead atoms. The molecular formula is C24H20N4O2S2. The Hall–Kier alpha value is -3.49. The predicted octanol–water partition coefficient (Wildman–Crippen LogP) is 5.11. The van der Waals surface area contributed by atoms with Crippen molar-refractivity contribution in [1.82, 2.24) is 10.2 Å². The molecular weight excluding hydrogens is 440 g/mol. The summed E-state index contributed by atoms with van der Waals surface area (Å²) in [5.41, 5.74) is 2.68. The van der Waals surface area contributed by atoms with Gasteiger partial charge in [0.05, 0.1) is 11.4 Å². The highest BCUT2D eigenvalue weighted by molar-refractivity contribution is 8.01. The summed E-state index contributed by atoms with van der Waals surface area (Å²) in [5.74, 6) is -0.175. The highest BCUT2D eigenvalue weighted by Crippen LogP contribution is 2.26. The number of rotatable bonds is 9. The largest absolute Gasteiger partial charge is 0.356 e. The van der Waals surface area contributed by atoms with E-state index in [0.717, 1.165) is 5.56 Å². The fraction of sp³-hybridized carbons (Fsp3) is 0.0833. The number of ketones is 1. The summed E-state index contributed by atoms with van der Waals surface area (Å²) >= 11 is 2.71. The van der Waals surface area contributed by atoms with E-state index in [9.17, 15) is 9.59 Å². The summed E-state index contributed by atoms with van der Waals surface area (Å²) in [5, 5.41) is 15.0. The van der Waals surface area contributed by atoms with Gasteiger partial charge in [0.1, 0.15) is 0 Å². The summed E-state index contributed by atoms with van der Waals surface area (Å²) in [6.07, 6.45) is 0. The molecule has 0 aliphatic rings. The Morgan fingerprint density at radius 3 is 2.31 bits per heavy atom. The molecule has 0 fully saturated rings. The summed E-state index contributed by atoms with van der Waals surface area (Å²) < 4.78 is 0.698. The highest BCUT2D eigenvalue weighted by Gasteiger charge is 2.15. The molecule has 0 aliphatic heterocycles. The maximum Gasteiger partial charge on any atom is 0.234 e. The average molecular weight is 461 g/mol. The van der Waals surface area contributed by atoms with Crippen molar-refractivity contribution < 1.29 is 9.59 Å². The van der Waals surface area contributed by atoms with Gasteiger partial charge in [0.15, 0.2) is 10.1 Å². The highest BCUT2D eigenvalue weighted by atomic mass is 32.2. The normalized spacial score (nSPS) is 10.5. The van der Waals surface area contributed by atoms with Crippen molar-refractivity contribution in [1.29, 1.82) is 0 Å². The van der Waals surface area contributed by atoms with E-state index in [2.05, 4.69) is 20.8 Å². The van der Waals surface area contributed by atoms with Crippen LogP contribution in [0.3, 0.4) is 0 Å². The summed E-state index contributed by atoms with van der Waals surface area (Å²) in [6, 6.07) is 26.1. The minimum atomic E-state index is -0.211. The summed E-state index contributed by atoms with van der Waals surface area (Å²) in [7, 11) is 0. The van der Waals surface area contributed by atoms with Crippen LogP contribution in [0.5, 0.6) is 0 Å². The Balaban J connectivity index is 1.32. The van der Waals surface area contributed by atoms with Crippen LogP contribution in [0.4, 0.5) is 10.8 Å². The molecule has 3 aromatic carbocycles. The van der Waals surface area contributed by atoms with Gasteiger partial charge in [0.2, 0.25) is 11.0 Å². The van der Waals surface area contributed by atoms with Crippen molar-refractivity contribution in [3.8, 4) is 0 Å². The zero-order valence-corrected chi connectivity index (χ0v) is 18.7. The van der Waals surface area contributed by atoms with Crippen LogP contribution in [0.15, 0.2) is 89.3 Å². The number of hydrogen-bond acceptors (Lipinski definition) is 7. The molecule has 0 spiro atoms. The first-order chi connectivity index (χ1) is 15.7. The van der Waals surface area contributed by atoms with E-state index >= 15 is 0 Å². The molecule has 0 radical (unpaired) electrons. The van der Waals surface area contributed by atoms with E-state index in [1.807, 2.05) is 48.5 Å². The molecule has 0 saturated carbocycles. The Morgan fingerprint density at radius 2 is 1.53 bits per heavy atom. The Morgan fingerprint density at radius 1 is 0.844 bits per heavy atom. The number of benzene rings is 3. The van der Waals surface area contributed by atoms with Crippen LogP contribution in [0.25, 0.3) is 0 Å². The third-order valence-electron chi connectivity index (χ3n) is 4.50. The molecule has 32 heavy (non-hydrogen) atoms. The number of amides is 1. The molecule has 1 amide bonds. The van der Waals surface area contributed by atoms with Crippen LogP contribution in [0.2, 0.25) is 0 Å². The molecule has 0 saturated heterocycles. The topological polar surface area (TPSA) is 84.0 Å². The number of thioether (sulfide) groups is 1. The summed E-state index contributed by atoms with van der Waals surface area (Å²) in [4.78, 5) is 25.3. The second-order valence-electron chi connectivity index (χ2n) is 6.79. The van der Waals surface area contributed by atoms with Crippen LogP contribution < -0.4 is 10.6 Å². The van der Waals surface area contributed by atoms with Gasteiger partial charge < -0.3 is 10.6 Å². The fourth-order valence-electron chi connectivity index (χ4n) is 2.96. The van der Waals surface area contributed by atoms with E-state index in [1.54, 1.807) is 36.4 Å². The number of nitrogens with zero attached hydrogens (tertiary/aromatic N) is 2. The van der Waals surface area contributed by atoms with Crippen molar-refractivity contribution in [2.45, 2.75) is 10.9 Å². The predicted molar refractivity (Wildman–Crippen MR) is 129 cm³/mol. The molecule has 4 rings (SSSR count). The van der Waals surface area contributed by atoms with Crippen LogP contribution in [0.1, 0.15) is 21.5 Å². The van der Waals surface area contributed by atoms with Crippen LogP contribution in [-0.2, 0) is 11.3 Å². The Kier molecular flexibility index (Phi) is 7.27. The van der Waals surface area contributed by atoms with Gasteiger partial charge in [-0.25, -0.2) is 0 Å². The van der Waals surface area contributed by atoms with Crippen LogP contribution >= 0.6 is 23.1 Å². The lowest BCUT2D eigenvalue weighted by Gasteiger charge is -2.10. The SMILES string of the molecule is O=C(CSc1nnc(NCc2ccccc2)s1)Nc1ccccc1C(=O)c1ccccc1. The third-order valence-corrected chi connectivity index (χ3v) is 6.52. The Bertz CT molecular complexity index is 1200. The minimum Gasteiger partial charge on any atom is -0.356 e. The van der Waals surface area contributed by atoms with E-state index in [1.165, 1.54) is 23.1 Å². The maximum atomic E-state index is 12.8. The zero-order valence-electron chi connectivity index (χ0n) is 17.0.